The van der Waals surface area contributed by atoms with Gasteiger partial charge in [-0.15, -0.1) is 0 Å². The first-order valence-electron chi connectivity index (χ1n) is 9.16. The van der Waals surface area contributed by atoms with Gasteiger partial charge in [-0.25, -0.2) is 0 Å². The summed E-state index contributed by atoms with van der Waals surface area (Å²) in [5.41, 5.74) is 0.967. The summed E-state index contributed by atoms with van der Waals surface area (Å²) in [4.78, 5) is 22.2. The van der Waals surface area contributed by atoms with Gasteiger partial charge < -0.3 is 14.5 Å². The van der Waals surface area contributed by atoms with Gasteiger partial charge in [0, 0.05) is 48.4 Å². The first kappa shape index (κ1) is 19.2. The minimum absolute atomic E-state index is 0.114. The van der Waals surface area contributed by atoms with Crippen molar-refractivity contribution in [1.82, 2.24) is 9.80 Å². The van der Waals surface area contributed by atoms with Crippen LogP contribution < -0.4 is 9.57 Å². The Hall–Kier alpha value is -1.53. The van der Waals surface area contributed by atoms with Crippen molar-refractivity contribution in [2.45, 2.75) is 19.2 Å². The highest BCUT2D eigenvalue weighted by Crippen LogP contribution is 2.32. The Kier molecular flexibility index (Phi) is 5.63. The second-order valence-electron chi connectivity index (χ2n) is 7.41. The van der Waals surface area contributed by atoms with Crippen molar-refractivity contribution in [3.8, 4) is 0 Å². The third kappa shape index (κ3) is 3.49. The fraction of sp³-hybridized carbons (Fsp3) is 0.667. The zero-order chi connectivity index (χ0) is 18.9. The Labute approximate surface area is 158 Å². The fourth-order valence-corrected chi connectivity index (χ4v) is 3.47. The summed E-state index contributed by atoms with van der Waals surface area (Å²) in [6.45, 7) is 8.27. The fourth-order valence-electron chi connectivity index (χ4n) is 3.47. The molecular weight excluding hydrogens is 328 g/mol. The van der Waals surface area contributed by atoms with E-state index in [2.05, 4.69) is 13.8 Å². The maximum absolute atomic E-state index is 12.9. The molecule has 26 heavy (non-hydrogen) atoms. The van der Waals surface area contributed by atoms with Gasteiger partial charge in [-0.2, -0.15) is 0 Å². The number of ether oxygens (including phenoxy) is 1. The Morgan fingerprint density at radius 2 is 1.96 bits per heavy atom. The van der Waals surface area contributed by atoms with Gasteiger partial charge in [-0.3, -0.25) is 9.63 Å². The Bertz CT molecular complexity index is 657. The first-order chi connectivity index (χ1) is 12.4. The molecule has 0 aliphatic carbocycles. The molecule has 6 nitrogen and oxygen atoms in total. The molecule has 1 aromatic heterocycles. The molecule has 3 heterocycles. The van der Waals surface area contributed by atoms with Gasteiger partial charge in [0.2, 0.25) is 5.69 Å². The summed E-state index contributed by atoms with van der Waals surface area (Å²) in [5.74, 6) is 1.05. The van der Waals surface area contributed by atoms with E-state index in [4.69, 9.17) is 25.3 Å². The van der Waals surface area contributed by atoms with Gasteiger partial charge in [0.15, 0.2) is 0 Å². The van der Waals surface area contributed by atoms with Gasteiger partial charge in [0.25, 0.3) is 0 Å². The molecule has 1 amide bonds. The molecule has 4 radical (unpaired) electrons. The summed E-state index contributed by atoms with van der Waals surface area (Å²) < 4.78 is 6.78. The second kappa shape index (κ2) is 7.61. The minimum atomic E-state index is -1.21. The van der Waals surface area contributed by atoms with Crippen LogP contribution in [0, 0.1) is 11.8 Å². The molecule has 3 rings (SSSR count). The quantitative estimate of drug-likeness (QED) is 0.531. The van der Waals surface area contributed by atoms with Crippen LogP contribution in [0.4, 0.5) is 0 Å². The summed E-state index contributed by atoms with van der Waals surface area (Å²) in [7, 11) is 14.5. The number of rotatable bonds is 5. The average Bonchev–Trinajstić information content (AvgIpc) is 2.59. The third-order valence-corrected chi connectivity index (χ3v) is 5.43. The first-order valence-corrected chi connectivity index (χ1v) is 9.16. The van der Waals surface area contributed by atoms with Gasteiger partial charge in [0.05, 0.1) is 28.9 Å². The summed E-state index contributed by atoms with van der Waals surface area (Å²) >= 11 is 0. The van der Waals surface area contributed by atoms with Crippen molar-refractivity contribution in [2.75, 3.05) is 46.5 Å². The lowest BCUT2D eigenvalue weighted by molar-refractivity contribution is -0.893. The summed E-state index contributed by atoms with van der Waals surface area (Å²) in [5, 5.41) is -1.21. The Morgan fingerprint density at radius 1 is 1.31 bits per heavy atom. The number of pyridine rings is 1. The average molecular weight is 354 g/mol. The molecule has 0 spiro atoms. The molecule has 8 heteroatoms. The van der Waals surface area contributed by atoms with E-state index in [-0.39, 0.29) is 5.91 Å². The van der Waals surface area contributed by atoms with Crippen LogP contribution in [0.3, 0.4) is 0 Å². The monoisotopic (exact) mass is 354 g/mol. The highest BCUT2D eigenvalue weighted by molar-refractivity contribution is 6.39. The van der Waals surface area contributed by atoms with Crippen LogP contribution in [0.25, 0.3) is 0 Å². The molecule has 0 saturated carbocycles. The number of carbonyl (C=O) groups is 1. The van der Waals surface area contributed by atoms with E-state index in [0.29, 0.717) is 49.5 Å². The van der Waals surface area contributed by atoms with Crippen molar-refractivity contribution in [3.63, 3.8) is 0 Å². The van der Waals surface area contributed by atoms with Crippen LogP contribution in [0.1, 0.15) is 30.0 Å². The third-order valence-electron chi connectivity index (χ3n) is 5.43. The second-order valence-corrected chi connectivity index (χ2v) is 7.41. The van der Waals surface area contributed by atoms with Gasteiger partial charge >= 0.3 is 11.6 Å². The lowest BCUT2D eigenvalue weighted by atomic mass is 9.56. The summed E-state index contributed by atoms with van der Waals surface area (Å²) in [6, 6.07) is 5.34. The van der Waals surface area contributed by atoms with Crippen molar-refractivity contribution >= 4 is 21.6 Å². The van der Waals surface area contributed by atoms with Crippen LogP contribution >= 0.6 is 0 Å². The smallest absolute Gasteiger partial charge is 0.323 e. The lowest BCUT2D eigenvalue weighted by Gasteiger charge is -2.50. The van der Waals surface area contributed by atoms with Gasteiger partial charge in [-0.1, -0.05) is 13.8 Å². The zero-order valence-corrected chi connectivity index (χ0v) is 15.9. The zero-order valence-electron chi connectivity index (χ0n) is 15.9. The molecule has 2 fully saturated rings. The van der Waals surface area contributed by atoms with Crippen molar-refractivity contribution in [2.24, 2.45) is 11.8 Å². The maximum Gasteiger partial charge on any atom is 0.323 e. The Balaban J connectivity index is 1.87. The number of hydrogen-bond acceptors (Lipinski definition) is 4. The molecule has 136 valence electrons. The predicted octanol–water partition coefficient (Wildman–Crippen LogP) is -0.460. The molecule has 0 N–H and O–H groups in total. The van der Waals surface area contributed by atoms with Crippen molar-refractivity contribution in [3.05, 3.63) is 29.6 Å². The molecular formula is C18H26B2N3O3+. The molecule has 0 aromatic carbocycles. The standard InChI is InChI=1S/C18H26B2N3O3/c1-13(2)14-11-22(12-14)18(19,20)16-6-4-5-15(23(16)25-3)17(24)21-7-9-26-10-8-21/h4-6,13-14H,7-12H2,1-3H3/q+1. The predicted molar refractivity (Wildman–Crippen MR) is 99.0 cm³/mol. The molecule has 2 saturated heterocycles. The van der Waals surface area contributed by atoms with E-state index in [0.717, 1.165) is 13.1 Å². The van der Waals surface area contributed by atoms with E-state index in [1.165, 1.54) is 11.8 Å². The van der Waals surface area contributed by atoms with Gasteiger partial charge in [0.1, 0.15) is 7.11 Å². The molecule has 0 bridgehead atoms. The summed E-state index contributed by atoms with van der Waals surface area (Å²) in [6.07, 6.45) is 0. The number of morpholine rings is 1. The van der Waals surface area contributed by atoms with Gasteiger partial charge in [-0.05, 0) is 17.9 Å². The minimum Gasteiger partial charge on any atom is -0.378 e. The van der Waals surface area contributed by atoms with Crippen LogP contribution in [-0.2, 0) is 10.1 Å². The number of likely N-dealkylation sites (tertiary alicyclic amines) is 1. The van der Waals surface area contributed by atoms with E-state index in [1.807, 2.05) is 11.0 Å². The van der Waals surface area contributed by atoms with Crippen molar-refractivity contribution in [1.29, 1.82) is 0 Å². The van der Waals surface area contributed by atoms with E-state index < -0.39 is 5.34 Å². The van der Waals surface area contributed by atoms with Crippen LogP contribution in [-0.4, -0.2) is 77.9 Å². The topological polar surface area (TPSA) is 45.9 Å². The van der Waals surface area contributed by atoms with E-state index in [1.54, 1.807) is 17.0 Å². The SMILES string of the molecule is [B]C([B])(c1cccc(C(=O)N2CCOCC2)[n+]1OC)N1CC(C(C)C)C1. The lowest BCUT2D eigenvalue weighted by Crippen LogP contribution is -2.65. The molecule has 2 aliphatic heterocycles. The Morgan fingerprint density at radius 3 is 2.54 bits per heavy atom. The number of aromatic nitrogens is 1. The van der Waals surface area contributed by atoms with E-state index in [9.17, 15) is 4.79 Å². The van der Waals surface area contributed by atoms with Crippen LogP contribution in [0.5, 0.6) is 0 Å². The highest BCUT2D eigenvalue weighted by atomic mass is 16.6. The number of hydrogen-bond donors (Lipinski definition) is 0. The van der Waals surface area contributed by atoms with Crippen LogP contribution in [0.2, 0.25) is 0 Å². The normalized spacial score (nSPS) is 19.5. The number of amides is 1. The molecule has 0 atom stereocenters. The largest absolute Gasteiger partial charge is 0.378 e. The molecule has 2 aliphatic rings. The van der Waals surface area contributed by atoms with Crippen LogP contribution in [0.15, 0.2) is 18.2 Å². The highest BCUT2D eigenvalue weighted by Gasteiger charge is 2.45. The molecule has 1 aromatic rings. The number of carbonyl (C=O) groups excluding carboxylic acids is 1. The van der Waals surface area contributed by atoms with E-state index >= 15 is 0 Å². The van der Waals surface area contributed by atoms with Crippen molar-refractivity contribution < 1.29 is 19.1 Å². The molecule has 0 unspecified atom stereocenters. The number of nitrogens with zero attached hydrogens (tertiary/aromatic N) is 3. The maximum atomic E-state index is 12.9.